The molecule has 32 valence electrons. The van der Waals surface area contributed by atoms with Crippen molar-refractivity contribution >= 4 is 44.8 Å². The Morgan fingerprint density at radius 2 is 1.80 bits per heavy atom. The van der Waals surface area contributed by atoms with Crippen LogP contribution in [0.4, 0.5) is 0 Å². The van der Waals surface area contributed by atoms with Crippen molar-refractivity contribution in [2.75, 3.05) is 7.05 Å². The van der Waals surface area contributed by atoms with E-state index in [9.17, 15) is 0 Å². The summed E-state index contributed by atoms with van der Waals surface area (Å²) in [6, 6.07) is 0. The Balaban J connectivity index is 0. The van der Waals surface area contributed by atoms with E-state index >= 15 is 0 Å². The van der Waals surface area contributed by atoms with E-state index in [0.717, 1.165) is 0 Å². The second kappa shape index (κ2) is 16.8. The van der Waals surface area contributed by atoms with Crippen molar-refractivity contribution in [3.05, 3.63) is 0 Å². The van der Waals surface area contributed by atoms with E-state index in [0.29, 0.717) is 0 Å². The molecule has 0 aliphatic carbocycles. The van der Waals surface area contributed by atoms with E-state index in [1.54, 1.807) is 0 Å². The van der Waals surface area contributed by atoms with Gasteiger partial charge in [-0.1, -0.05) is 0 Å². The third-order valence-corrected chi connectivity index (χ3v) is 0. The molecule has 0 aromatic rings. The van der Waals surface area contributed by atoms with Gasteiger partial charge in [0.1, 0.15) is 0 Å². The molecule has 4 heteroatoms. The number of halogens is 2. The Labute approximate surface area is 56.8 Å². The molecule has 0 saturated heterocycles. The molecule has 0 aliphatic rings. The van der Waals surface area contributed by atoms with Gasteiger partial charge >= 0.3 is 44.8 Å². The second-order valence-corrected chi connectivity index (χ2v) is 12.6. The fraction of sp³-hybridized carbons (Fsp3) is 1.00. The average Bonchev–Trinajstić information content (AvgIpc) is 1.46. The van der Waals surface area contributed by atoms with E-state index in [1.165, 1.54) is 7.05 Å². The topological polar surface area (TPSA) is 26.0 Å². The molecule has 2 N–H and O–H groups in total. The number of hydrogen-bond donors (Lipinski definition) is 1. The first-order valence-corrected chi connectivity index (χ1v) is 16.7. The summed E-state index contributed by atoms with van der Waals surface area (Å²) in [5.74, 6) is 0. The van der Waals surface area contributed by atoms with Gasteiger partial charge in [-0.15, -0.1) is 0 Å². The summed E-state index contributed by atoms with van der Waals surface area (Å²) in [6.07, 6.45) is 0. The van der Waals surface area contributed by atoms with E-state index < -0.39 is 18.7 Å². The Kier molecular flexibility index (Phi) is 33.7. The zero-order valence-electron chi connectivity index (χ0n) is 2.83. The van der Waals surface area contributed by atoms with Crippen molar-refractivity contribution in [3.8, 4) is 0 Å². The SMILES string of the molecule is CN.[Cl][Pb][I]. The molecular weight excluding hydrogens is 396 g/mol. The summed E-state index contributed by atoms with van der Waals surface area (Å²) in [7, 11) is 6.68. The zero-order valence-corrected chi connectivity index (χ0v) is 9.63. The Morgan fingerprint density at radius 3 is 1.80 bits per heavy atom. The summed E-state index contributed by atoms with van der Waals surface area (Å²) in [5, 5.41) is 0. The first kappa shape index (κ1) is 10.0. The molecule has 0 aliphatic heterocycles. The van der Waals surface area contributed by atoms with Crippen molar-refractivity contribution in [2.24, 2.45) is 5.73 Å². The minimum absolute atomic E-state index is 0.474. The summed E-state index contributed by atoms with van der Waals surface area (Å²) in [5.41, 5.74) is 4.50. The first-order chi connectivity index (χ1) is 2.41. The van der Waals surface area contributed by atoms with Gasteiger partial charge in [0.05, 0.1) is 0 Å². The van der Waals surface area contributed by atoms with Crippen LogP contribution in [-0.2, 0) is 0 Å². The maximum atomic E-state index is 5.18. The fourth-order valence-corrected chi connectivity index (χ4v) is 0. The molecule has 0 unspecified atom stereocenters. The average molecular weight is 401 g/mol. The molecule has 0 aromatic carbocycles. The van der Waals surface area contributed by atoms with Gasteiger partial charge in [-0.05, 0) is 7.05 Å². The normalized spacial score (nSPS) is 4.80. The number of hydrogen-bond acceptors (Lipinski definition) is 1. The van der Waals surface area contributed by atoms with Crippen LogP contribution in [0.1, 0.15) is 0 Å². The van der Waals surface area contributed by atoms with Gasteiger partial charge in [-0.25, -0.2) is 0 Å². The van der Waals surface area contributed by atoms with Crippen molar-refractivity contribution in [1.29, 1.82) is 0 Å². The fourth-order valence-electron chi connectivity index (χ4n) is 0. The van der Waals surface area contributed by atoms with Crippen molar-refractivity contribution < 1.29 is 0 Å². The van der Waals surface area contributed by atoms with Crippen LogP contribution >= 0.6 is 26.1 Å². The van der Waals surface area contributed by atoms with Crippen LogP contribution < -0.4 is 5.73 Å². The Bertz CT molecular complexity index is 11.6. The number of nitrogens with two attached hydrogens (primary N) is 1. The molecule has 0 atom stereocenters. The number of rotatable bonds is 0. The predicted octanol–water partition coefficient (Wildman–Crippen LogP) is 0.769. The van der Waals surface area contributed by atoms with Crippen molar-refractivity contribution in [1.82, 2.24) is 0 Å². The second-order valence-electron chi connectivity index (χ2n) is 0.0714. The van der Waals surface area contributed by atoms with Gasteiger partial charge in [0.15, 0.2) is 0 Å². The standard InChI is InChI=1S/CH5N.ClH.HI.Pb/c1-2;;;/h2H2,1H3;2*1H;/q;;;+2/p-2. The molecule has 0 saturated carbocycles. The minimum atomic E-state index is -0.474. The molecule has 0 amide bonds. The zero-order chi connectivity index (χ0) is 4.71. The van der Waals surface area contributed by atoms with Gasteiger partial charge < -0.3 is 5.73 Å². The van der Waals surface area contributed by atoms with E-state index in [-0.39, 0.29) is 0 Å². The molecule has 0 bridgehead atoms. The van der Waals surface area contributed by atoms with Gasteiger partial charge in [0, 0.05) is 0 Å². The first-order valence-electron chi connectivity index (χ1n) is 0.955. The predicted molar refractivity (Wildman–Crippen MR) is 35.7 cm³/mol. The van der Waals surface area contributed by atoms with Gasteiger partial charge in [-0.2, -0.15) is 0 Å². The molecule has 1 nitrogen and oxygen atoms in total. The van der Waals surface area contributed by atoms with Crippen LogP contribution in [0, 0.1) is 0 Å². The quantitative estimate of drug-likeness (QED) is 0.472. The summed E-state index contributed by atoms with van der Waals surface area (Å²) >= 11 is 1.77. The van der Waals surface area contributed by atoms with Gasteiger partial charge in [-0.3, -0.25) is 0 Å². The molecule has 0 aromatic heterocycles. The molecule has 5 heavy (non-hydrogen) atoms. The van der Waals surface area contributed by atoms with Crippen molar-refractivity contribution in [3.63, 3.8) is 0 Å². The molecule has 0 heterocycles. The van der Waals surface area contributed by atoms with Crippen LogP contribution in [0.2, 0.25) is 0 Å². The van der Waals surface area contributed by atoms with Gasteiger partial charge in [0.25, 0.3) is 0 Å². The molecule has 2 radical (unpaired) electrons. The monoisotopic (exact) mass is 401 g/mol. The summed E-state index contributed by atoms with van der Waals surface area (Å²) < 4.78 is 0. The molecule has 0 fully saturated rings. The summed E-state index contributed by atoms with van der Waals surface area (Å²) in [4.78, 5) is 0. The molecule has 0 rings (SSSR count). The van der Waals surface area contributed by atoms with Crippen LogP contribution in [0.25, 0.3) is 0 Å². The third kappa shape index (κ3) is 24.8. The third-order valence-electron chi connectivity index (χ3n) is 0. The van der Waals surface area contributed by atoms with Crippen LogP contribution in [0.3, 0.4) is 0 Å². The van der Waals surface area contributed by atoms with E-state index in [2.05, 4.69) is 23.5 Å². The molecular formula is CH5ClINPb. The van der Waals surface area contributed by atoms with E-state index in [1.807, 2.05) is 0 Å². The Morgan fingerprint density at radius 1 is 1.80 bits per heavy atom. The van der Waals surface area contributed by atoms with Gasteiger partial charge in [0.2, 0.25) is 0 Å². The van der Waals surface area contributed by atoms with Crippen LogP contribution in [0.15, 0.2) is 0 Å². The van der Waals surface area contributed by atoms with Crippen molar-refractivity contribution in [2.45, 2.75) is 0 Å². The van der Waals surface area contributed by atoms with Crippen LogP contribution in [0.5, 0.6) is 0 Å². The maximum absolute atomic E-state index is 5.18. The summed E-state index contributed by atoms with van der Waals surface area (Å²) in [6.45, 7) is 0. The van der Waals surface area contributed by atoms with Crippen LogP contribution in [-0.4, -0.2) is 25.8 Å². The Hall–Kier alpha value is 1.90. The van der Waals surface area contributed by atoms with E-state index in [4.69, 9.17) is 8.32 Å². The molecule has 0 spiro atoms.